The SMILES string of the molecule is CC(C)C[C@@H](NC(=O)N1CCCS(=O)(=O)CC1)C(=O)O. The zero-order valence-corrected chi connectivity index (χ0v) is 12.6. The summed E-state index contributed by atoms with van der Waals surface area (Å²) >= 11 is 0. The Morgan fingerprint density at radius 2 is 1.90 bits per heavy atom. The molecular formula is C12H22N2O5S. The topological polar surface area (TPSA) is 104 Å². The molecule has 0 saturated carbocycles. The number of carboxylic acid groups (broad SMARTS) is 1. The summed E-state index contributed by atoms with van der Waals surface area (Å²) in [6.07, 6.45) is 0.727. The van der Waals surface area contributed by atoms with Crippen LogP contribution in [0.1, 0.15) is 26.7 Å². The van der Waals surface area contributed by atoms with E-state index in [1.54, 1.807) is 0 Å². The largest absolute Gasteiger partial charge is 0.480 e. The predicted molar refractivity (Wildman–Crippen MR) is 74.3 cm³/mol. The van der Waals surface area contributed by atoms with Gasteiger partial charge in [0, 0.05) is 13.1 Å². The van der Waals surface area contributed by atoms with Crippen LogP contribution in [0.15, 0.2) is 0 Å². The Bertz CT molecular complexity index is 460. The lowest BCUT2D eigenvalue weighted by atomic mass is 10.0. The monoisotopic (exact) mass is 306 g/mol. The highest BCUT2D eigenvalue weighted by Gasteiger charge is 2.26. The Labute approximate surface area is 119 Å². The van der Waals surface area contributed by atoms with Crippen LogP contribution in [0.5, 0.6) is 0 Å². The standard InChI is InChI=1S/C12H22N2O5S/c1-9(2)8-10(11(15)16)13-12(17)14-4-3-6-20(18,19)7-5-14/h9-10H,3-8H2,1-2H3,(H,13,17)(H,15,16)/t10-/m1/s1. The van der Waals surface area contributed by atoms with Crippen LogP contribution in [-0.2, 0) is 14.6 Å². The van der Waals surface area contributed by atoms with Gasteiger partial charge in [-0.3, -0.25) is 0 Å². The predicted octanol–water partition coefficient (Wildman–Crippen LogP) is 0.316. The van der Waals surface area contributed by atoms with Crippen LogP contribution in [0, 0.1) is 5.92 Å². The van der Waals surface area contributed by atoms with E-state index in [9.17, 15) is 18.0 Å². The second kappa shape index (κ2) is 6.92. The number of amides is 2. The van der Waals surface area contributed by atoms with Crippen molar-refractivity contribution in [3.8, 4) is 0 Å². The van der Waals surface area contributed by atoms with Gasteiger partial charge in [0.2, 0.25) is 0 Å². The molecule has 0 aromatic carbocycles. The van der Waals surface area contributed by atoms with Crippen molar-refractivity contribution in [2.24, 2.45) is 5.92 Å². The van der Waals surface area contributed by atoms with Gasteiger partial charge in [0.15, 0.2) is 9.84 Å². The van der Waals surface area contributed by atoms with Gasteiger partial charge >= 0.3 is 12.0 Å². The third kappa shape index (κ3) is 5.36. The van der Waals surface area contributed by atoms with E-state index in [2.05, 4.69) is 5.32 Å². The van der Waals surface area contributed by atoms with Crippen LogP contribution in [-0.4, -0.2) is 61.1 Å². The van der Waals surface area contributed by atoms with Crippen molar-refractivity contribution in [2.75, 3.05) is 24.6 Å². The summed E-state index contributed by atoms with van der Waals surface area (Å²) < 4.78 is 22.9. The van der Waals surface area contributed by atoms with Crippen LogP contribution in [0.3, 0.4) is 0 Å². The number of nitrogens with one attached hydrogen (secondary N) is 1. The fourth-order valence-electron chi connectivity index (χ4n) is 2.07. The number of hydrogen-bond donors (Lipinski definition) is 2. The lowest BCUT2D eigenvalue weighted by Gasteiger charge is -2.24. The fourth-order valence-corrected chi connectivity index (χ4v) is 3.35. The Hall–Kier alpha value is -1.31. The maximum absolute atomic E-state index is 12.0. The maximum atomic E-state index is 12.0. The Balaban J connectivity index is 2.62. The number of carbonyl (C=O) groups is 2. The molecule has 20 heavy (non-hydrogen) atoms. The summed E-state index contributed by atoms with van der Waals surface area (Å²) in [5, 5.41) is 11.5. The number of aliphatic carboxylic acids is 1. The molecule has 0 aliphatic carbocycles. The van der Waals surface area contributed by atoms with Crippen LogP contribution in [0.4, 0.5) is 4.79 Å². The van der Waals surface area contributed by atoms with Crippen molar-refractivity contribution in [1.29, 1.82) is 0 Å². The van der Waals surface area contributed by atoms with E-state index in [0.717, 1.165) is 0 Å². The molecule has 1 aliphatic rings. The fraction of sp³-hybridized carbons (Fsp3) is 0.833. The number of hydrogen-bond acceptors (Lipinski definition) is 4. The average Bonchev–Trinajstić information content (AvgIpc) is 2.48. The molecule has 1 fully saturated rings. The van der Waals surface area contributed by atoms with E-state index < -0.39 is 27.9 Å². The van der Waals surface area contributed by atoms with Gasteiger partial charge in [0.05, 0.1) is 11.5 Å². The molecule has 8 heteroatoms. The van der Waals surface area contributed by atoms with Crippen molar-refractivity contribution in [3.63, 3.8) is 0 Å². The number of urea groups is 1. The molecule has 0 bridgehead atoms. The zero-order chi connectivity index (χ0) is 15.3. The molecule has 1 rings (SSSR count). The van der Waals surface area contributed by atoms with Gasteiger partial charge in [0.1, 0.15) is 6.04 Å². The Kier molecular flexibility index (Phi) is 5.79. The second-order valence-corrected chi connectivity index (χ2v) is 7.77. The van der Waals surface area contributed by atoms with E-state index in [4.69, 9.17) is 5.11 Å². The normalized spacial score (nSPS) is 20.2. The number of rotatable bonds is 4. The lowest BCUT2D eigenvalue weighted by Crippen LogP contribution is -2.49. The van der Waals surface area contributed by atoms with E-state index in [0.29, 0.717) is 19.4 Å². The molecule has 7 nitrogen and oxygen atoms in total. The highest BCUT2D eigenvalue weighted by Crippen LogP contribution is 2.08. The molecular weight excluding hydrogens is 284 g/mol. The summed E-state index contributed by atoms with van der Waals surface area (Å²) in [6.45, 7) is 4.20. The quantitative estimate of drug-likeness (QED) is 0.778. The summed E-state index contributed by atoms with van der Waals surface area (Å²) in [5.41, 5.74) is 0. The molecule has 2 amide bonds. The first-order chi connectivity index (χ1) is 9.21. The molecule has 116 valence electrons. The van der Waals surface area contributed by atoms with E-state index >= 15 is 0 Å². The van der Waals surface area contributed by atoms with Gasteiger partial charge in [-0.2, -0.15) is 0 Å². The molecule has 0 aromatic rings. The maximum Gasteiger partial charge on any atom is 0.326 e. The summed E-state index contributed by atoms with van der Waals surface area (Å²) in [6, 6.07) is -1.45. The van der Waals surface area contributed by atoms with Gasteiger partial charge in [0.25, 0.3) is 0 Å². The number of carbonyl (C=O) groups excluding carboxylic acids is 1. The molecule has 1 saturated heterocycles. The highest BCUT2D eigenvalue weighted by atomic mass is 32.2. The van der Waals surface area contributed by atoms with E-state index in [-0.39, 0.29) is 24.0 Å². The molecule has 1 aliphatic heterocycles. The summed E-state index contributed by atoms with van der Waals surface area (Å²) in [7, 11) is -3.09. The van der Waals surface area contributed by atoms with Gasteiger partial charge in [-0.1, -0.05) is 13.8 Å². The van der Waals surface area contributed by atoms with Crippen molar-refractivity contribution in [2.45, 2.75) is 32.7 Å². The van der Waals surface area contributed by atoms with Crippen molar-refractivity contribution in [3.05, 3.63) is 0 Å². The molecule has 0 aromatic heterocycles. The highest BCUT2D eigenvalue weighted by molar-refractivity contribution is 7.91. The number of carboxylic acids is 1. The van der Waals surface area contributed by atoms with Crippen LogP contribution < -0.4 is 5.32 Å². The Morgan fingerprint density at radius 1 is 1.25 bits per heavy atom. The van der Waals surface area contributed by atoms with Gasteiger partial charge < -0.3 is 15.3 Å². The average molecular weight is 306 g/mol. The molecule has 2 N–H and O–H groups in total. The minimum Gasteiger partial charge on any atom is -0.480 e. The van der Waals surface area contributed by atoms with Crippen LogP contribution >= 0.6 is 0 Å². The first kappa shape index (κ1) is 16.7. The molecule has 0 spiro atoms. The van der Waals surface area contributed by atoms with Gasteiger partial charge in [-0.15, -0.1) is 0 Å². The van der Waals surface area contributed by atoms with E-state index in [1.807, 2.05) is 13.8 Å². The van der Waals surface area contributed by atoms with E-state index in [1.165, 1.54) is 4.90 Å². The summed E-state index contributed by atoms with van der Waals surface area (Å²) in [4.78, 5) is 24.5. The van der Waals surface area contributed by atoms with Crippen LogP contribution in [0.25, 0.3) is 0 Å². The minimum atomic E-state index is -3.09. The zero-order valence-electron chi connectivity index (χ0n) is 11.8. The summed E-state index contributed by atoms with van der Waals surface area (Å²) in [5.74, 6) is -0.927. The van der Waals surface area contributed by atoms with Gasteiger partial charge in [-0.05, 0) is 18.8 Å². The second-order valence-electron chi connectivity index (χ2n) is 5.46. The molecule has 1 atom stereocenters. The van der Waals surface area contributed by atoms with Gasteiger partial charge in [-0.25, -0.2) is 18.0 Å². The first-order valence-corrected chi connectivity index (χ1v) is 8.52. The third-order valence-electron chi connectivity index (χ3n) is 3.15. The number of nitrogens with zero attached hydrogens (tertiary/aromatic N) is 1. The smallest absolute Gasteiger partial charge is 0.326 e. The lowest BCUT2D eigenvalue weighted by molar-refractivity contribution is -0.139. The molecule has 0 unspecified atom stereocenters. The Morgan fingerprint density at radius 3 is 2.45 bits per heavy atom. The first-order valence-electron chi connectivity index (χ1n) is 6.70. The number of sulfone groups is 1. The third-order valence-corrected chi connectivity index (χ3v) is 4.86. The minimum absolute atomic E-state index is 0.0671. The molecule has 1 heterocycles. The van der Waals surface area contributed by atoms with Crippen molar-refractivity contribution in [1.82, 2.24) is 10.2 Å². The molecule has 0 radical (unpaired) electrons. The van der Waals surface area contributed by atoms with Crippen molar-refractivity contribution >= 4 is 21.8 Å². The van der Waals surface area contributed by atoms with Crippen LogP contribution in [0.2, 0.25) is 0 Å². The van der Waals surface area contributed by atoms with Crippen molar-refractivity contribution < 1.29 is 23.1 Å².